The van der Waals surface area contributed by atoms with Crippen molar-refractivity contribution < 1.29 is 28.4 Å². The quantitative estimate of drug-likeness (QED) is 0.462. The second-order valence-corrected chi connectivity index (χ2v) is 5.99. The van der Waals surface area contributed by atoms with E-state index in [0.717, 1.165) is 11.0 Å². The molecule has 1 saturated heterocycles. The molecule has 8 nitrogen and oxygen atoms in total. The molecule has 140 valence electrons. The fourth-order valence-corrected chi connectivity index (χ4v) is 2.83. The van der Waals surface area contributed by atoms with Crippen LogP contribution in [-0.4, -0.2) is 58.3 Å². The van der Waals surface area contributed by atoms with Crippen molar-refractivity contribution in [2.75, 3.05) is 21.3 Å². The number of ether oxygens (including phenoxy) is 1. The highest BCUT2D eigenvalue weighted by Gasteiger charge is 2.31. The minimum atomic E-state index is -0.837. The van der Waals surface area contributed by atoms with Crippen molar-refractivity contribution in [3.05, 3.63) is 29.8 Å². The van der Waals surface area contributed by atoms with Gasteiger partial charge in [0.25, 0.3) is 0 Å². The summed E-state index contributed by atoms with van der Waals surface area (Å²) in [7, 11) is 3.90. The molecule has 0 aliphatic carbocycles. The maximum Gasteiger partial charge on any atom is 0.493 e. The first-order valence-electron chi connectivity index (χ1n) is 8.30. The van der Waals surface area contributed by atoms with Gasteiger partial charge in [-0.25, -0.2) is 4.79 Å². The highest BCUT2D eigenvalue weighted by molar-refractivity contribution is 6.61. The first kappa shape index (κ1) is 19.9. The summed E-state index contributed by atoms with van der Waals surface area (Å²) in [6.07, 6.45) is 0.995. The molecule has 2 amide bonds. The summed E-state index contributed by atoms with van der Waals surface area (Å²) in [5.41, 5.74) is 1.68. The highest BCUT2D eigenvalue weighted by atomic mass is 16.6. The minimum Gasteiger partial charge on any atom is -0.467 e. The van der Waals surface area contributed by atoms with Crippen molar-refractivity contribution in [3.8, 4) is 0 Å². The molecule has 1 aliphatic heterocycles. The standard InChI is InChI=1S/C17H23BN2O6/c1-24-17(23)14(20-16(22)13-8-9-15(21)19-13)10-11-4-6-12(7-5-11)18(25-2)26-3/h4-7,13-14H,8-10H2,1-3H3,(H,19,21)(H,20,22)/t13-,14-/m1/s1. The molecule has 1 aromatic rings. The Balaban J connectivity index is 2.04. The van der Waals surface area contributed by atoms with Crippen LogP contribution in [0.15, 0.2) is 24.3 Å². The van der Waals surface area contributed by atoms with Gasteiger partial charge in [0.2, 0.25) is 11.8 Å². The first-order valence-corrected chi connectivity index (χ1v) is 8.30. The van der Waals surface area contributed by atoms with Gasteiger partial charge >= 0.3 is 13.1 Å². The Bertz CT molecular complexity index is 647. The molecular weight excluding hydrogens is 339 g/mol. The van der Waals surface area contributed by atoms with Crippen molar-refractivity contribution in [3.63, 3.8) is 0 Å². The smallest absolute Gasteiger partial charge is 0.467 e. The number of methoxy groups -OCH3 is 1. The van der Waals surface area contributed by atoms with Crippen LogP contribution in [0, 0.1) is 0 Å². The zero-order valence-corrected chi connectivity index (χ0v) is 15.1. The Hall–Kier alpha value is -2.39. The summed E-state index contributed by atoms with van der Waals surface area (Å²) in [6.45, 7) is 0. The van der Waals surface area contributed by atoms with Crippen LogP contribution in [-0.2, 0) is 34.9 Å². The number of hydrogen-bond acceptors (Lipinski definition) is 6. The highest BCUT2D eigenvalue weighted by Crippen LogP contribution is 2.09. The number of carbonyl (C=O) groups excluding carboxylic acids is 3. The van der Waals surface area contributed by atoms with E-state index in [0.29, 0.717) is 12.8 Å². The molecule has 0 unspecified atom stereocenters. The lowest BCUT2D eigenvalue weighted by Crippen LogP contribution is -2.50. The molecule has 0 bridgehead atoms. The van der Waals surface area contributed by atoms with E-state index in [-0.39, 0.29) is 18.2 Å². The molecule has 1 heterocycles. The third-order valence-electron chi connectivity index (χ3n) is 4.23. The Morgan fingerprint density at radius 1 is 1.23 bits per heavy atom. The van der Waals surface area contributed by atoms with Crippen molar-refractivity contribution in [2.45, 2.75) is 31.3 Å². The van der Waals surface area contributed by atoms with Crippen LogP contribution in [0.3, 0.4) is 0 Å². The molecule has 0 radical (unpaired) electrons. The number of amides is 2. The SMILES string of the molecule is COB(OC)c1ccc(C[C@@H](NC(=O)[C@H]2CCC(=O)N2)C(=O)OC)cc1. The third kappa shape index (κ3) is 5.06. The van der Waals surface area contributed by atoms with E-state index >= 15 is 0 Å². The van der Waals surface area contributed by atoms with Crippen LogP contribution in [0.2, 0.25) is 0 Å². The minimum absolute atomic E-state index is 0.166. The van der Waals surface area contributed by atoms with Crippen molar-refractivity contribution in [2.24, 2.45) is 0 Å². The van der Waals surface area contributed by atoms with Crippen LogP contribution < -0.4 is 16.1 Å². The van der Waals surface area contributed by atoms with Gasteiger partial charge in [0.05, 0.1) is 7.11 Å². The van der Waals surface area contributed by atoms with Gasteiger partial charge in [-0.2, -0.15) is 0 Å². The number of nitrogens with one attached hydrogen (secondary N) is 2. The molecule has 1 fully saturated rings. The van der Waals surface area contributed by atoms with Gasteiger partial charge in [0.1, 0.15) is 12.1 Å². The predicted octanol–water partition coefficient (Wildman–Crippen LogP) is -0.846. The van der Waals surface area contributed by atoms with E-state index in [4.69, 9.17) is 14.0 Å². The lowest BCUT2D eigenvalue weighted by molar-refractivity contribution is -0.145. The number of hydrogen-bond donors (Lipinski definition) is 2. The topological polar surface area (TPSA) is 103 Å². The maximum atomic E-state index is 12.3. The molecule has 2 N–H and O–H groups in total. The van der Waals surface area contributed by atoms with Crippen molar-refractivity contribution in [1.82, 2.24) is 10.6 Å². The molecule has 26 heavy (non-hydrogen) atoms. The molecular formula is C17H23BN2O6. The Kier molecular flexibility index (Phi) is 7.17. The first-order chi connectivity index (χ1) is 12.5. The molecule has 1 aliphatic rings. The largest absolute Gasteiger partial charge is 0.493 e. The Morgan fingerprint density at radius 2 is 1.88 bits per heavy atom. The third-order valence-corrected chi connectivity index (χ3v) is 4.23. The van der Waals surface area contributed by atoms with Crippen LogP contribution in [0.5, 0.6) is 0 Å². The molecule has 0 aromatic heterocycles. The summed E-state index contributed by atoms with van der Waals surface area (Å²) in [5.74, 6) is -1.10. The van der Waals surface area contributed by atoms with Gasteiger partial charge in [0.15, 0.2) is 0 Å². The van der Waals surface area contributed by atoms with Crippen LogP contribution in [0.1, 0.15) is 18.4 Å². The number of rotatable bonds is 8. The molecule has 9 heteroatoms. The summed E-state index contributed by atoms with van der Waals surface area (Å²) >= 11 is 0. The normalized spacial score (nSPS) is 17.3. The fourth-order valence-electron chi connectivity index (χ4n) is 2.83. The summed E-state index contributed by atoms with van der Waals surface area (Å²) in [5, 5.41) is 5.24. The van der Waals surface area contributed by atoms with Gasteiger partial charge in [0, 0.05) is 27.1 Å². The van der Waals surface area contributed by atoms with E-state index in [2.05, 4.69) is 10.6 Å². The Morgan fingerprint density at radius 3 is 2.38 bits per heavy atom. The monoisotopic (exact) mass is 362 g/mol. The van der Waals surface area contributed by atoms with Crippen molar-refractivity contribution in [1.29, 1.82) is 0 Å². The summed E-state index contributed by atoms with van der Waals surface area (Å²) in [6, 6.07) is 5.89. The molecule has 0 spiro atoms. The predicted molar refractivity (Wildman–Crippen MR) is 94.7 cm³/mol. The number of carbonyl (C=O) groups is 3. The lowest BCUT2D eigenvalue weighted by Gasteiger charge is -2.19. The van der Waals surface area contributed by atoms with Crippen molar-refractivity contribution >= 4 is 30.4 Å². The van der Waals surface area contributed by atoms with Crippen LogP contribution in [0.4, 0.5) is 0 Å². The van der Waals surface area contributed by atoms with E-state index in [1.807, 2.05) is 24.3 Å². The average Bonchev–Trinajstić information content (AvgIpc) is 3.09. The summed E-state index contributed by atoms with van der Waals surface area (Å²) < 4.78 is 15.2. The zero-order valence-electron chi connectivity index (χ0n) is 15.1. The molecule has 0 saturated carbocycles. The van der Waals surface area contributed by atoms with Crippen LogP contribution in [0.25, 0.3) is 0 Å². The second kappa shape index (κ2) is 9.35. The average molecular weight is 362 g/mol. The number of esters is 1. The van der Waals surface area contributed by atoms with E-state index in [9.17, 15) is 14.4 Å². The lowest BCUT2D eigenvalue weighted by atomic mass is 9.78. The Labute approximate surface area is 152 Å². The second-order valence-electron chi connectivity index (χ2n) is 5.99. The zero-order chi connectivity index (χ0) is 19.1. The van der Waals surface area contributed by atoms with Gasteiger partial charge in [-0.3, -0.25) is 9.59 Å². The fraction of sp³-hybridized carbons (Fsp3) is 0.471. The van der Waals surface area contributed by atoms with Gasteiger partial charge in [-0.05, 0) is 17.4 Å². The van der Waals surface area contributed by atoms with Gasteiger partial charge < -0.3 is 24.7 Å². The van der Waals surface area contributed by atoms with E-state index in [1.54, 1.807) is 14.2 Å². The van der Waals surface area contributed by atoms with Gasteiger partial charge in [-0.1, -0.05) is 24.3 Å². The molecule has 2 rings (SSSR count). The molecule has 2 atom stereocenters. The van der Waals surface area contributed by atoms with Gasteiger partial charge in [-0.15, -0.1) is 0 Å². The van der Waals surface area contributed by atoms with E-state index in [1.165, 1.54) is 7.11 Å². The molecule has 1 aromatic carbocycles. The number of benzene rings is 1. The maximum absolute atomic E-state index is 12.3. The summed E-state index contributed by atoms with van der Waals surface area (Å²) in [4.78, 5) is 35.6. The van der Waals surface area contributed by atoms with Crippen LogP contribution >= 0.6 is 0 Å². The van der Waals surface area contributed by atoms with E-state index < -0.39 is 25.2 Å².